The number of hydrogen-bond acceptors (Lipinski definition) is 5. The molecule has 2 heterocycles. The molecule has 1 aromatic carbocycles. The Morgan fingerprint density at radius 1 is 1.48 bits per heavy atom. The number of para-hydroxylation sites is 2. The Hall–Kier alpha value is -2.90. The molecule has 0 fully saturated rings. The first kappa shape index (κ1) is 15.0. The van der Waals surface area contributed by atoms with E-state index < -0.39 is 4.92 Å². The average molecular weight is 316 g/mol. The summed E-state index contributed by atoms with van der Waals surface area (Å²) in [5.74, 6) is 0.625. The number of aryl methyl sites for hydroxylation is 1. The molecule has 1 aromatic heterocycles. The van der Waals surface area contributed by atoms with Crippen LogP contribution in [0.5, 0.6) is 5.75 Å². The number of rotatable bonds is 4. The Kier molecular flexibility index (Phi) is 3.96. The van der Waals surface area contributed by atoms with Crippen LogP contribution in [0.4, 0.5) is 11.4 Å². The predicted octanol–water partition coefficient (Wildman–Crippen LogP) is 2.00. The van der Waals surface area contributed by atoms with E-state index in [0.29, 0.717) is 18.9 Å². The summed E-state index contributed by atoms with van der Waals surface area (Å²) >= 11 is 0. The monoisotopic (exact) mass is 316 g/mol. The summed E-state index contributed by atoms with van der Waals surface area (Å²) in [7, 11) is 0. The normalized spacial score (nSPS) is 16.6. The van der Waals surface area contributed by atoms with Crippen LogP contribution < -0.4 is 9.64 Å². The van der Waals surface area contributed by atoms with Crippen LogP contribution in [-0.2, 0) is 11.3 Å². The van der Waals surface area contributed by atoms with Crippen LogP contribution in [-0.4, -0.2) is 33.3 Å². The fourth-order valence-electron chi connectivity index (χ4n) is 2.58. The molecule has 1 atom stereocenters. The number of nitro groups is 1. The number of hydrogen-bond donors (Lipinski definition) is 0. The van der Waals surface area contributed by atoms with E-state index in [-0.39, 0.29) is 24.1 Å². The molecule has 0 spiro atoms. The van der Waals surface area contributed by atoms with E-state index in [1.807, 2.05) is 31.2 Å². The number of nitrogens with zero attached hydrogens (tertiary/aromatic N) is 4. The topological polar surface area (TPSA) is 90.5 Å². The van der Waals surface area contributed by atoms with Crippen molar-refractivity contribution in [3.8, 4) is 5.75 Å². The van der Waals surface area contributed by atoms with Gasteiger partial charge in [0.05, 0.1) is 16.7 Å². The first-order chi connectivity index (χ1) is 11.1. The van der Waals surface area contributed by atoms with Gasteiger partial charge in [-0.25, -0.2) is 0 Å². The van der Waals surface area contributed by atoms with Crippen LogP contribution in [0.15, 0.2) is 36.7 Å². The lowest BCUT2D eigenvalue weighted by atomic mass is 10.1. The summed E-state index contributed by atoms with van der Waals surface area (Å²) in [6.45, 7) is 2.65. The van der Waals surface area contributed by atoms with E-state index in [1.54, 1.807) is 4.90 Å². The molecule has 1 amide bonds. The highest BCUT2D eigenvalue weighted by molar-refractivity contribution is 5.95. The number of carbonyl (C=O) groups excluding carboxylic acids is 1. The number of fused-ring (bicyclic) bond motifs is 1. The molecule has 0 radical (unpaired) electrons. The van der Waals surface area contributed by atoms with E-state index in [1.165, 1.54) is 17.1 Å². The van der Waals surface area contributed by atoms with Gasteiger partial charge < -0.3 is 9.64 Å². The second-order valence-electron chi connectivity index (χ2n) is 5.36. The number of benzene rings is 1. The van der Waals surface area contributed by atoms with Gasteiger partial charge in [-0.2, -0.15) is 5.10 Å². The zero-order valence-electron chi connectivity index (χ0n) is 12.6. The Labute approximate surface area is 132 Å². The third kappa shape index (κ3) is 3.01. The van der Waals surface area contributed by atoms with Crippen molar-refractivity contribution in [2.75, 3.05) is 11.5 Å². The summed E-state index contributed by atoms with van der Waals surface area (Å²) in [5.41, 5.74) is 0.672. The Morgan fingerprint density at radius 3 is 3.00 bits per heavy atom. The number of anilines is 1. The van der Waals surface area contributed by atoms with Crippen molar-refractivity contribution in [2.24, 2.45) is 0 Å². The molecule has 0 saturated heterocycles. The summed E-state index contributed by atoms with van der Waals surface area (Å²) in [6, 6.07) is 7.34. The molecule has 3 rings (SSSR count). The number of ether oxygens (including phenoxy) is 1. The molecule has 0 bridgehead atoms. The molecule has 1 unspecified atom stereocenters. The lowest BCUT2D eigenvalue weighted by Gasteiger charge is -2.35. The molecule has 1 aliphatic rings. The van der Waals surface area contributed by atoms with Crippen molar-refractivity contribution in [3.63, 3.8) is 0 Å². The summed E-state index contributed by atoms with van der Waals surface area (Å²) in [6.07, 6.45) is 2.71. The first-order valence-electron chi connectivity index (χ1n) is 7.27. The first-order valence-corrected chi connectivity index (χ1v) is 7.27. The van der Waals surface area contributed by atoms with Gasteiger partial charge in [-0.3, -0.25) is 19.6 Å². The molecule has 23 heavy (non-hydrogen) atoms. The lowest BCUT2D eigenvalue weighted by molar-refractivity contribution is -0.385. The van der Waals surface area contributed by atoms with Gasteiger partial charge in [0.25, 0.3) is 0 Å². The van der Waals surface area contributed by atoms with Crippen molar-refractivity contribution in [3.05, 3.63) is 46.8 Å². The van der Waals surface area contributed by atoms with Crippen LogP contribution in [0.3, 0.4) is 0 Å². The maximum Gasteiger partial charge on any atom is 0.306 e. The molecule has 2 aromatic rings. The Bertz CT molecular complexity index is 743. The van der Waals surface area contributed by atoms with Crippen LogP contribution in [0.25, 0.3) is 0 Å². The molecular weight excluding hydrogens is 300 g/mol. The minimum atomic E-state index is -0.508. The van der Waals surface area contributed by atoms with Crippen molar-refractivity contribution in [2.45, 2.75) is 25.9 Å². The lowest BCUT2D eigenvalue weighted by Crippen LogP contribution is -2.45. The number of aromatic nitrogens is 2. The van der Waals surface area contributed by atoms with E-state index in [2.05, 4.69) is 5.10 Å². The third-order valence-electron chi connectivity index (χ3n) is 3.70. The fourth-order valence-corrected chi connectivity index (χ4v) is 2.58. The highest BCUT2D eigenvalue weighted by Crippen LogP contribution is 2.33. The van der Waals surface area contributed by atoms with E-state index in [4.69, 9.17) is 4.74 Å². The maximum absolute atomic E-state index is 12.6. The third-order valence-corrected chi connectivity index (χ3v) is 3.70. The molecule has 8 heteroatoms. The van der Waals surface area contributed by atoms with Crippen molar-refractivity contribution >= 4 is 17.3 Å². The molecule has 120 valence electrons. The zero-order valence-corrected chi connectivity index (χ0v) is 12.6. The second-order valence-corrected chi connectivity index (χ2v) is 5.36. The Morgan fingerprint density at radius 2 is 2.26 bits per heavy atom. The SMILES string of the molecule is CC1COc2ccccc2N1C(=O)CCn1cc([N+](=O)[O-])cn1. The predicted molar refractivity (Wildman–Crippen MR) is 82.4 cm³/mol. The molecule has 0 saturated carbocycles. The smallest absolute Gasteiger partial charge is 0.306 e. The fraction of sp³-hybridized carbons (Fsp3) is 0.333. The van der Waals surface area contributed by atoms with Crippen molar-refractivity contribution < 1.29 is 14.5 Å². The zero-order chi connectivity index (χ0) is 16.4. The minimum Gasteiger partial charge on any atom is -0.489 e. The standard InChI is InChI=1S/C15H16N4O4/c1-11-10-23-14-5-3-2-4-13(14)18(11)15(20)6-7-17-9-12(8-16-17)19(21)22/h2-5,8-9,11H,6-7,10H2,1H3. The average Bonchev–Trinajstić information content (AvgIpc) is 3.02. The highest BCUT2D eigenvalue weighted by atomic mass is 16.6. The largest absolute Gasteiger partial charge is 0.489 e. The molecule has 1 aliphatic heterocycles. The van der Waals surface area contributed by atoms with Gasteiger partial charge in [0, 0.05) is 13.0 Å². The second kappa shape index (κ2) is 6.07. The van der Waals surface area contributed by atoms with Crippen LogP contribution in [0.1, 0.15) is 13.3 Å². The van der Waals surface area contributed by atoms with E-state index in [0.717, 1.165) is 5.69 Å². The summed E-state index contributed by atoms with van der Waals surface area (Å²) < 4.78 is 7.03. The van der Waals surface area contributed by atoms with Crippen molar-refractivity contribution in [1.29, 1.82) is 0 Å². The molecule has 8 nitrogen and oxygen atoms in total. The van der Waals surface area contributed by atoms with Gasteiger partial charge >= 0.3 is 5.69 Å². The van der Waals surface area contributed by atoms with Crippen LogP contribution in [0, 0.1) is 10.1 Å². The number of amides is 1. The van der Waals surface area contributed by atoms with Gasteiger partial charge in [-0.05, 0) is 19.1 Å². The quantitative estimate of drug-likeness (QED) is 0.635. The molecular formula is C15H16N4O4. The van der Waals surface area contributed by atoms with Gasteiger partial charge in [-0.1, -0.05) is 12.1 Å². The maximum atomic E-state index is 12.6. The van der Waals surface area contributed by atoms with Crippen molar-refractivity contribution in [1.82, 2.24) is 9.78 Å². The van der Waals surface area contributed by atoms with Gasteiger partial charge in [0.15, 0.2) is 0 Å². The summed E-state index contributed by atoms with van der Waals surface area (Å²) in [5, 5.41) is 14.5. The van der Waals surface area contributed by atoms with E-state index >= 15 is 0 Å². The Balaban J connectivity index is 1.71. The minimum absolute atomic E-state index is 0.0635. The van der Waals surface area contributed by atoms with E-state index in [9.17, 15) is 14.9 Å². The van der Waals surface area contributed by atoms with Crippen LogP contribution in [0.2, 0.25) is 0 Å². The molecule has 0 aliphatic carbocycles. The van der Waals surface area contributed by atoms with Gasteiger partial charge in [-0.15, -0.1) is 0 Å². The molecule has 0 N–H and O–H groups in total. The van der Waals surface area contributed by atoms with Gasteiger partial charge in [0.1, 0.15) is 24.8 Å². The van der Waals surface area contributed by atoms with Gasteiger partial charge in [0.2, 0.25) is 5.91 Å². The highest BCUT2D eigenvalue weighted by Gasteiger charge is 2.28. The van der Waals surface area contributed by atoms with Crippen LogP contribution >= 0.6 is 0 Å². The summed E-state index contributed by atoms with van der Waals surface area (Å²) in [4.78, 5) is 24.4. The number of carbonyl (C=O) groups is 1.